The Morgan fingerprint density at radius 1 is 1.04 bits per heavy atom. The van der Waals surface area contributed by atoms with Crippen LogP contribution in [-0.2, 0) is 0 Å². The molecule has 0 fully saturated rings. The van der Waals surface area contributed by atoms with Gasteiger partial charge in [0.1, 0.15) is 0 Å². The highest BCUT2D eigenvalue weighted by Gasteiger charge is 2.08. The van der Waals surface area contributed by atoms with Crippen LogP contribution in [0.5, 0.6) is 0 Å². The Morgan fingerprint density at radius 3 is 2.21 bits per heavy atom. The molecule has 124 valence electrons. The van der Waals surface area contributed by atoms with Crippen LogP contribution >= 0.6 is 34.3 Å². The topological polar surface area (TPSA) is 32.3 Å². The fourth-order valence-electron chi connectivity index (χ4n) is 2.43. The summed E-state index contributed by atoms with van der Waals surface area (Å²) in [6, 6.07) is 11.6. The molecule has 0 saturated heterocycles. The molecule has 1 unspecified atom stereocenters. The number of aliphatic hydroxyl groups excluding tert-OH is 1. The summed E-state index contributed by atoms with van der Waals surface area (Å²) in [5.74, 6) is 0. The average Bonchev–Trinajstić information content (AvgIpc) is 3.29. The fraction of sp³-hybridized carbons (Fsp3) is 0.158. The predicted octanol–water partition coefficient (Wildman–Crippen LogP) is 5.22. The van der Waals surface area contributed by atoms with E-state index < -0.39 is 6.10 Å². The van der Waals surface area contributed by atoms with Crippen LogP contribution in [0.3, 0.4) is 0 Å². The fourth-order valence-corrected chi connectivity index (χ4v) is 3.87. The van der Waals surface area contributed by atoms with Gasteiger partial charge in [0.05, 0.1) is 6.10 Å². The van der Waals surface area contributed by atoms with E-state index in [1.165, 1.54) is 16.7 Å². The summed E-state index contributed by atoms with van der Waals surface area (Å²) in [4.78, 5) is 0. The summed E-state index contributed by atoms with van der Waals surface area (Å²) >= 11 is 9.27. The molecular weight excluding hydrogens is 358 g/mol. The normalized spacial score (nSPS) is 12.1. The van der Waals surface area contributed by atoms with Gasteiger partial charge in [-0.25, -0.2) is 0 Å². The molecule has 5 heteroatoms. The molecule has 0 aliphatic rings. The molecule has 1 aromatic carbocycles. The zero-order chi connectivity index (χ0) is 16.8. The quantitative estimate of drug-likeness (QED) is 0.555. The Labute approximate surface area is 155 Å². The lowest BCUT2D eigenvalue weighted by Gasteiger charge is -2.12. The Morgan fingerprint density at radius 2 is 1.67 bits per heavy atom. The molecular formula is C19H18ClNOS2. The Balaban J connectivity index is 1.60. The van der Waals surface area contributed by atoms with Crippen LogP contribution < -0.4 is 5.32 Å². The lowest BCUT2D eigenvalue weighted by Crippen LogP contribution is -2.21. The van der Waals surface area contributed by atoms with Crippen molar-refractivity contribution >= 4 is 39.8 Å². The highest BCUT2D eigenvalue weighted by molar-refractivity contribution is 7.08. The van der Waals surface area contributed by atoms with Crippen molar-refractivity contribution in [3.63, 3.8) is 0 Å². The van der Waals surface area contributed by atoms with E-state index in [2.05, 4.69) is 45.0 Å². The van der Waals surface area contributed by atoms with Gasteiger partial charge >= 0.3 is 0 Å². The Bertz CT molecular complexity index is 728. The van der Waals surface area contributed by atoms with Crippen molar-refractivity contribution in [1.82, 2.24) is 5.32 Å². The van der Waals surface area contributed by atoms with Crippen LogP contribution in [0.2, 0.25) is 5.02 Å². The number of aliphatic hydroxyl groups is 1. The van der Waals surface area contributed by atoms with E-state index in [0.29, 0.717) is 18.1 Å². The van der Waals surface area contributed by atoms with Crippen molar-refractivity contribution in [3.05, 3.63) is 85.7 Å². The lowest BCUT2D eigenvalue weighted by atomic mass is 10.0. The van der Waals surface area contributed by atoms with Gasteiger partial charge in [0, 0.05) is 18.1 Å². The number of thiophene rings is 2. The Hall–Kier alpha value is -1.43. The van der Waals surface area contributed by atoms with Crippen molar-refractivity contribution in [2.75, 3.05) is 13.1 Å². The van der Waals surface area contributed by atoms with Crippen LogP contribution in [0.1, 0.15) is 22.8 Å². The highest BCUT2D eigenvalue weighted by Crippen LogP contribution is 2.26. The molecule has 0 spiro atoms. The monoisotopic (exact) mass is 375 g/mol. The van der Waals surface area contributed by atoms with E-state index in [-0.39, 0.29) is 0 Å². The van der Waals surface area contributed by atoms with E-state index >= 15 is 0 Å². The maximum absolute atomic E-state index is 10.2. The molecule has 3 rings (SSSR count). The standard InChI is InChI=1S/C19H18ClNOS2/c20-17-3-1-14(2-4-17)19(22)11-21-8-5-18(15-6-9-23-12-15)16-7-10-24-13-16/h1-7,9-10,12-13,19,21-22H,8,11H2. The lowest BCUT2D eigenvalue weighted by molar-refractivity contribution is 0.176. The zero-order valence-corrected chi connectivity index (χ0v) is 15.4. The summed E-state index contributed by atoms with van der Waals surface area (Å²) in [6.07, 6.45) is 1.64. The van der Waals surface area contributed by atoms with Gasteiger partial charge < -0.3 is 10.4 Å². The molecule has 2 aromatic heterocycles. The maximum atomic E-state index is 10.2. The Kier molecular flexibility index (Phi) is 6.24. The van der Waals surface area contributed by atoms with E-state index in [1.54, 1.807) is 34.8 Å². The molecule has 0 aliphatic heterocycles. The SMILES string of the molecule is OC(CNCC=C(c1ccsc1)c1ccsc1)c1ccc(Cl)cc1. The molecule has 1 atom stereocenters. The number of nitrogens with one attached hydrogen (secondary N) is 1. The van der Waals surface area contributed by atoms with Crippen molar-refractivity contribution in [2.24, 2.45) is 0 Å². The molecule has 0 aliphatic carbocycles. The number of rotatable bonds is 7. The first-order valence-electron chi connectivity index (χ1n) is 7.63. The number of hydrogen-bond donors (Lipinski definition) is 2. The minimum Gasteiger partial charge on any atom is -0.387 e. The summed E-state index contributed by atoms with van der Waals surface area (Å²) in [5, 5.41) is 22.7. The third-order valence-corrected chi connectivity index (χ3v) is 5.33. The molecule has 0 amide bonds. The van der Waals surface area contributed by atoms with Gasteiger partial charge in [-0.1, -0.05) is 29.8 Å². The minimum atomic E-state index is -0.540. The molecule has 0 radical (unpaired) electrons. The largest absolute Gasteiger partial charge is 0.387 e. The summed E-state index contributed by atoms with van der Waals surface area (Å²) in [7, 11) is 0. The van der Waals surface area contributed by atoms with Crippen molar-refractivity contribution < 1.29 is 5.11 Å². The average molecular weight is 376 g/mol. The van der Waals surface area contributed by atoms with Gasteiger partial charge in [-0.2, -0.15) is 22.7 Å². The van der Waals surface area contributed by atoms with Crippen LogP contribution in [0, 0.1) is 0 Å². The van der Waals surface area contributed by atoms with E-state index in [9.17, 15) is 5.11 Å². The zero-order valence-electron chi connectivity index (χ0n) is 13.0. The third kappa shape index (κ3) is 4.56. The van der Waals surface area contributed by atoms with E-state index in [1.807, 2.05) is 12.1 Å². The number of halogens is 1. The van der Waals surface area contributed by atoms with Crippen LogP contribution in [0.25, 0.3) is 5.57 Å². The smallest absolute Gasteiger partial charge is 0.0914 e. The highest BCUT2D eigenvalue weighted by atomic mass is 35.5. The van der Waals surface area contributed by atoms with Gasteiger partial charge in [0.2, 0.25) is 0 Å². The first kappa shape index (κ1) is 17.4. The maximum Gasteiger partial charge on any atom is 0.0914 e. The first-order chi connectivity index (χ1) is 11.7. The molecule has 24 heavy (non-hydrogen) atoms. The van der Waals surface area contributed by atoms with Crippen LogP contribution in [0.4, 0.5) is 0 Å². The molecule has 2 heterocycles. The summed E-state index contributed by atoms with van der Waals surface area (Å²) < 4.78 is 0. The molecule has 0 saturated carbocycles. The van der Waals surface area contributed by atoms with Gasteiger partial charge in [-0.15, -0.1) is 0 Å². The van der Waals surface area contributed by atoms with Crippen molar-refractivity contribution in [3.8, 4) is 0 Å². The second-order valence-electron chi connectivity index (χ2n) is 5.37. The van der Waals surface area contributed by atoms with E-state index in [0.717, 1.165) is 5.56 Å². The van der Waals surface area contributed by atoms with E-state index in [4.69, 9.17) is 11.6 Å². The summed E-state index contributed by atoms with van der Waals surface area (Å²) in [6.45, 7) is 1.20. The molecule has 0 bridgehead atoms. The molecule has 2 nitrogen and oxygen atoms in total. The molecule has 2 N–H and O–H groups in total. The minimum absolute atomic E-state index is 0.499. The molecule has 3 aromatic rings. The third-order valence-electron chi connectivity index (χ3n) is 3.71. The van der Waals surface area contributed by atoms with Crippen molar-refractivity contribution in [2.45, 2.75) is 6.10 Å². The number of benzene rings is 1. The first-order valence-corrected chi connectivity index (χ1v) is 9.90. The van der Waals surface area contributed by atoms with Crippen LogP contribution in [-0.4, -0.2) is 18.2 Å². The van der Waals surface area contributed by atoms with Gasteiger partial charge in [-0.05, 0) is 68.0 Å². The summed E-state index contributed by atoms with van der Waals surface area (Å²) in [5.41, 5.74) is 4.56. The second-order valence-corrected chi connectivity index (χ2v) is 7.36. The second kappa shape index (κ2) is 8.60. The predicted molar refractivity (Wildman–Crippen MR) is 105 cm³/mol. The van der Waals surface area contributed by atoms with Crippen LogP contribution in [0.15, 0.2) is 64.0 Å². The number of hydrogen-bond acceptors (Lipinski definition) is 4. The van der Waals surface area contributed by atoms with Crippen molar-refractivity contribution in [1.29, 1.82) is 0 Å². The van der Waals surface area contributed by atoms with Gasteiger partial charge in [-0.3, -0.25) is 0 Å². The van der Waals surface area contributed by atoms with Gasteiger partial charge in [0.25, 0.3) is 0 Å². The van der Waals surface area contributed by atoms with Gasteiger partial charge in [0.15, 0.2) is 0 Å².